The highest BCUT2D eigenvalue weighted by atomic mass is 35.5. The third kappa shape index (κ3) is 5.21. The summed E-state index contributed by atoms with van der Waals surface area (Å²) >= 11 is 0. The molecule has 2 aliphatic rings. The fraction of sp³-hybridized carbons (Fsp3) is 0.600. The molecular formula is C20H30ClN3O3. The van der Waals surface area contributed by atoms with Gasteiger partial charge in [-0.2, -0.15) is 0 Å². The lowest BCUT2D eigenvalue weighted by Crippen LogP contribution is -2.56. The first kappa shape index (κ1) is 21.7. The number of piperidine rings is 1. The number of nitrogens with zero attached hydrogens (tertiary/aromatic N) is 1. The highest BCUT2D eigenvalue weighted by Crippen LogP contribution is 2.32. The van der Waals surface area contributed by atoms with Crippen LogP contribution in [0, 0.1) is 5.92 Å². The molecule has 2 N–H and O–H groups in total. The molecule has 1 aromatic rings. The van der Waals surface area contributed by atoms with Gasteiger partial charge in [-0.25, -0.2) is 0 Å². The standard InChI is InChI=1S/C20H29N3O3.ClH/c1-14(2)23-17(24)13-26-19(18(23)16-6-4-3-5-7-16)20(25)22-12-15-8-10-21-11-9-15;/h3-7,14-15,18-19,21H,8-13H2,1-2H3,(H,22,25);1H/t18-,19+;/m1./s1. The molecule has 0 aliphatic carbocycles. The molecule has 0 spiro atoms. The summed E-state index contributed by atoms with van der Waals surface area (Å²) in [5.74, 6) is 0.300. The average molecular weight is 396 g/mol. The molecule has 2 aliphatic heterocycles. The van der Waals surface area contributed by atoms with Crippen molar-refractivity contribution in [2.24, 2.45) is 5.92 Å². The van der Waals surface area contributed by atoms with Gasteiger partial charge in [0.05, 0.1) is 6.04 Å². The first-order valence-electron chi connectivity index (χ1n) is 9.54. The smallest absolute Gasteiger partial charge is 0.251 e. The number of amides is 2. The average Bonchev–Trinajstić information content (AvgIpc) is 2.67. The molecule has 2 heterocycles. The molecule has 0 aromatic heterocycles. The molecule has 150 valence electrons. The Morgan fingerprint density at radius 3 is 2.56 bits per heavy atom. The van der Waals surface area contributed by atoms with Crippen LogP contribution in [0.15, 0.2) is 30.3 Å². The van der Waals surface area contributed by atoms with Crippen molar-refractivity contribution in [3.63, 3.8) is 0 Å². The minimum atomic E-state index is -0.681. The van der Waals surface area contributed by atoms with E-state index in [4.69, 9.17) is 4.74 Å². The summed E-state index contributed by atoms with van der Waals surface area (Å²) in [5.41, 5.74) is 0.927. The number of rotatable bonds is 5. The maximum Gasteiger partial charge on any atom is 0.251 e. The van der Waals surface area contributed by atoms with E-state index in [9.17, 15) is 9.59 Å². The summed E-state index contributed by atoms with van der Waals surface area (Å²) in [7, 11) is 0. The Hall–Kier alpha value is -1.63. The number of ether oxygens (including phenoxy) is 1. The van der Waals surface area contributed by atoms with Crippen LogP contribution < -0.4 is 10.6 Å². The third-order valence-corrected chi connectivity index (χ3v) is 5.24. The van der Waals surface area contributed by atoms with Crippen molar-refractivity contribution in [1.29, 1.82) is 0 Å². The zero-order valence-electron chi connectivity index (χ0n) is 16.0. The van der Waals surface area contributed by atoms with E-state index in [1.54, 1.807) is 4.90 Å². The largest absolute Gasteiger partial charge is 0.356 e. The van der Waals surface area contributed by atoms with Gasteiger partial charge in [0.2, 0.25) is 5.91 Å². The van der Waals surface area contributed by atoms with Crippen LogP contribution >= 0.6 is 12.4 Å². The van der Waals surface area contributed by atoms with Crippen LogP contribution in [0.3, 0.4) is 0 Å². The number of halogens is 1. The third-order valence-electron chi connectivity index (χ3n) is 5.24. The van der Waals surface area contributed by atoms with Gasteiger partial charge in [0.1, 0.15) is 6.61 Å². The molecule has 7 heteroatoms. The minimum Gasteiger partial charge on any atom is -0.356 e. The van der Waals surface area contributed by atoms with E-state index in [0.29, 0.717) is 12.5 Å². The lowest BCUT2D eigenvalue weighted by atomic mass is 9.95. The fourth-order valence-electron chi connectivity index (χ4n) is 3.87. The first-order valence-corrected chi connectivity index (χ1v) is 9.54. The molecule has 2 amide bonds. The molecule has 0 radical (unpaired) electrons. The minimum absolute atomic E-state index is 0. The van der Waals surface area contributed by atoms with Gasteiger partial charge >= 0.3 is 0 Å². The molecule has 3 rings (SSSR count). The van der Waals surface area contributed by atoms with E-state index in [0.717, 1.165) is 31.5 Å². The number of nitrogens with one attached hydrogen (secondary N) is 2. The van der Waals surface area contributed by atoms with Gasteiger partial charge in [-0.15, -0.1) is 12.4 Å². The van der Waals surface area contributed by atoms with Crippen LogP contribution in [0.2, 0.25) is 0 Å². The molecule has 6 nitrogen and oxygen atoms in total. The van der Waals surface area contributed by atoms with Crippen LogP contribution in [-0.4, -0.2) is 55.1 Å². The Morgan fingerprint density at radius 2 is 1.93 bits per heavy atom. The number of carbonyl (C=O) groups excluding carboxylic acids is 2. The Labute approximate surface area is 167 Å². The van der Waals surface area contributed by atoms with Crippen LogP contribution in [0.5, 0.6) is 0 Å². The normalized spacial score (nSPS) is 23.8. The Morgan fingerprint density at radius 1 is 1.26 bits per heavy atom. The van der Waals surface area contributed by atoms with E-state index in [-0.39, 0.29) is 36.9 Å². The van der Waals surface area contributed by atoms with E-state index < -0.39 is 12.1 Å². The predicted molar refractivity (Wildman–Crippen MR) is 107 cm³/mol. The number of hydrogen-bond donors (Lipinski definition) is 2. The van der Waals surface area contributed by atoms with E-state index in [1.165, 1.54) is 0 Å². The van der Waals surface area contributed by atoms with E-state index in [2.05, 4.69) is 10.6 Å². The van der Waals surface area contributed by atoms with Crippen molar-refractivity contribution in [3.05, 3.63) is 35.9 Å². The summed E-state index contributed by atoms with van der Waals surface area (Å²) in [6.07, 6.45) is 1.47. The number of benzene rings is 1. The van der Waals surface area contributed by atoms with Crippen LogP contribution in [0.4, 0.5) is 0 Å². The molecule has 2 saturated heterocycles. The predicted octanol–water partition coefficient (Wildman–Crippen LogP) is 1.90. The van der Waals surface area contributed by atoms with Crippen molar-refractivity contribution in [2.45, 2.75) is 44.9 Å². The van der Waals surface area contributed by atoms with Crippen molar-refractivity contribution < 1.29 is 14.3 Å². The molecule has 2 atom stereocenters. The van der Waals surface area contributed by atoms with Gasteiger partial charge in [0, 0.05) is 12.6 Å². The van der Waals surface area contributed by atoms with Crippen molar-refractivity contribution >= 4 is 24.2 Å². The second-order valence-electron chi connectivity index (χ2n) is 7.42. The molecule has 0 unspecified atom stereocenters. The van der Waals surface area contributed by atoms with Crippen LogP contribution in [-0.2, 0) is 14.3 Å². The monoisotopic (exact) mass is 395 g/mol. The second kappa shape index (κ2) is 10.1. The highest BCUT2D eigenvalue weighted by molar-refractivity contribution is 5.86. The Bertz CT molecular complexity index is 620. The van der Waals surface area contributed by atoms with Gasteiger partial charge in [-0.05, 0) is 51.3 Å². The molecule has 0 saturated carbocycles. The topological polar surface area (TPSA) is 70.7 Å². The zero-order valence-corrected chi connectivity index (χ0v) is 16.8. The van der Waals surface area contributed by atoms with E-state index in [1.807, 2.05) is 44.2 Å². The van der Waals surface area contributed by atoms with Gasteiger partial charge in [0.15, 0.2) is 6.10 Å². The SMILES string of the molecule is CC(C)N1C(=O)CO[C@H](C(=O)NCC2CCNCC2)[C@H]1c1ccccc1.Cl. The fourth-order valence-corrected chi connectivity index (χ4v) is 3.87. The highest BCUT2D eigenvalue weighted by Gasteiger charge is 2.42. The zero-order chi connectivity index (χ0) is 18.5. The quantitative estimate of drug-likeness (QED) is 0.798. The van der Waals surface area contributed by atoms with Crippen molar-refractivity contribution in [2.75, 3.05) is 26.2 Å². The van der Waals surface area contributed by atoms with Crippen molar-refractivity contribution in [1.82, 2.24) is 15.5 Å². The summed E-state index contributed by atoms with van der Waals surface area (Å²) in [6.45, 7) is 6.57. The molecule has 27 heavy (non-hydrogen) atoms. The summed E-state index contributed by atoms with van der Waals surface area (Å²) < 4.78 is 5.72. The van der Waals surface area contributed by atoms with Crippen LogP contribution in [0.1, 0.15) is 38.3 Å². The van der Waals surface area contributed by atoms with Gasteiger partial charge in [-0.1, -0.05) is 30.3 Å². The lowest BCUT2D eigenvalue weighted by molar-refractivity contribution is -0.167. The Kier molecular flexibility index (Phi) is 8.07. The molecule has 0 bridgehead atoms. The maximum atomic E-state index is 12.9. The van der Waals surface area contributed by atoms with Crippen molar-refractivity contribution in [3.8, 4) is 0 Å². The molecule has 2 fully saturated rings. The van der Waals surface area contributed by atoms with Gasteiger partial charge in [-0.3, -0.25) is 9.59 Å². The van der Waals surface area contributed by atoms with Crippen LogP contribution in [0.25, 0.3) is 0 Å². The maximum absolute atomic E-state index is 12.9. The molecule has 1 aromatic carbocycles. The van der Waals surface area contributed by atoms with E-state index >= 15 is 0 Å². The summed E-state index contributed by atoms with van der Waals surface area (Å²) in [5, 5.41) is 6.40. The first-order chi connectivity index (χ1) is 12.6. The number of morpholine rings is 1. The van der Waals surface area contributed by atoms with Gasteiger partial charge < -0.3 is 20.3 Å². The number of carbonyl (C=O) groups is 2. The van der Waals surface area contributed by atoms with Gasteiger partial charge in [0.25, 0.3) is 5.91 Å². The lowest BCUT2D eigenvalue weighted by Gasteiger charge is -2.43. The Balaban J connectivity index is 0.00000261. The summed E-state index contributed by atoms with van der Waals surface area (Å²) in [6, 6.07) is 9.29. The molecular weight excluding hydrogens is 366 g/mol. The second-order valence-corrected chi connectivity index (χ2v) is 7.42. The summed E-state index contributed by atoms with van der Waals surface area (Å²) in [4.78, 5) is 27.2. The number of hydrogen-bond acceptors (Lipinski definition) is 4.